The first-order valence-corrected chi connectivity index (χ1v) is 7.34. The molecule has 3 aromatic rings. The molecular formula is C17H12BrN3. The average Bonchev–Trinajstić information content (AvgIpc) is 2.55. The highest BCUT2D eigenvalue weighted by Gasteiger charge is 2.06. The minimum atomic E-state index is 0.464. The number of pyridine rings is 1. The van der Waals surface area contributed by atoms with E-state index in [0.717, 1.165) is 26.5 Å². The Balaban J connectivity index is 1.93. The molecule has 3 nitrogen and oxygen atoms in total. The van der Waals surface area contributed by atoms with Gasteiger partial charge in [0.1, 0.15) is 11.8 Å². The molecule has 0 amide bonds. The Morgan fingerprint density at radius 2 is 1.86 bits per heavy atom. The van der Waals surface area contributed by atoms with Gasteiger partial charge in [-0.2, -0.15) is 5.26 Å². The first kappa shape index (κ1) is 13.6. The van der Waals surface area contributed by atoms with Gasteiger partial charge in [-0.05, 0) is 23.6 Å². The number of nitrogens with one attached hydrogen (secondary N) is 1. The SMILES string of the molecule is N#Cc1ncccc1CNc1ccc(Br)c2ccccc12. The van der Waals surface area contributed by atoms with Crippen molar-refractivity contribution in [2.75, 3.05) is 5.32 Å². The number of hydrogen-bond acceptors (Lipinski definition) is 3. The van der Waals surface area contributed by atoms with Gasteiger partial charge in [0.15, 0.2) is 0 Å². The van der Waals surface area contributed by atoms with Gasteiger partial charge in [0, 0.05) is 33.9 Å². The van der Waals surface area contributed by atoms with Crippen LogP contribution in [0.2, 0.25) is 0 Å². The standard InChI is InChI=1S/C17H12BrN3/c18-15-7-8-16(14-6-2-1-5-13(14)15)21-11-12-4-3-9-20-17(12)10-19/h1-9,21H,11H2. The van der Waals surface area contributed by atoms with Gasteiger partial charge in [-0.1, -0.05) is 46.3 Å². The molecule has 0 fully saturated rings. The van der Waals surface area contributed by atoms with E-state index in [-0.39, 0.29) is 0 Å². The molecule has 1 N–H and O–H groups in total. The molecule has 0 atom stereocenters. The summed E-state index contributed by atoms with van der Waals surface area (Å²) >= 11 is 3.57. The first-order valence-electron chi connectivity index (χ1n) is 6.54. The topological polar surface area (TPSA) is 48.7 Å². The van der Waals surface area contributed by atoms with Crippen molar-refractivity contribution >= 4 is 32.4 Å². The van der Waals surface area contributed by atoms with E-state index in [4.69, 9.17) is 5.26 Å². The lowest BCUT2D eigenvalue weighted by molar-refractivity contribution is 1.09. The Kier molecular flexibility index (Phi) is 3.85. The number of aromatic nitrogens is 1. The first-order chi connectivity index (χ1) is 10.3. The molecule has 0 saturated carbocycles. The Hall–Kier alpha value is -2.38. The van der Waals surface area contributed by atoms with E-state index in [1.165, 1.54) is 0 Å². The smallest absolute Gasteiger partial charge is 0.145 e. The highest BCUT2D eigenvalue weighted by atomic mass is 79.9. The number of rotatable bonds is 3. The highest BCUT2D eigenvalue weighted by Crippen LogP contribution is 2.30. The summed E-state index contributed by atoms with van der Waals surface area (Å²) in [5.41, 5.74) is 2.40. The van der Waals surface area contributed by atoms with Crippen LogP contribution >= 0.6 is 15.9 Å². The lowest BCUT2D eigenvalue weighted by Gasteiger charge is -2.11. The van der Waals surface area contributed by atoms with Gasteiger partial charge < -0.3 is 5.32 Å². The van der Waals surface area contributed by atoms with Crippen LogP contribution < -0.4 is 5.32 Å². The van der Waals surface area contributed by atoms with Gasteiger partial charge in [0.25, 0.3) is 0 Å². The summed E-state index contributed by atoms with van der Waals surface area (Å²) in [4.78, 5) is 4.08. The summed E-state index contributed by atoms with van der Waals surface area (Å²) in [6, 6.07) is 18.1. The van der Waals surface area contributed by atoms with E-state index in [0.29, 0.717) is 12.2 Å². The third-order valence-corrected chi connectivity index (χ3v) is 4.03. The molecule has 0 bridgehead atoms. The average molecular weight is 338 g/mol. The molecule has 0 aliphatic heterocycles. The summed E-state index contributed by atoms with van der Waals surface area (Å²) in [5.74, 6) is 0. The van der Waals surface area contributed by atoms with Crippen LogP contribution in [0.15, 0.2) is 59.2 Å². The number of fused-ring (bicyclic) bond motifs is 1. The third kappa shape index (κ3) is 2.74. The maximum Gasteiger partial charge on any atom is 0.145 e. The predicted octanol–water partition coefficient (Wildman–Crippen LogP) is 4.48. The molecule has 1 aromatic heterocycles. The second-order valence-corrected chi connectivity index (χ2v) is 5.47. The van der Waals surface area contributed by atoms with Crippen molar-refractivity contribution in [2.45, 2.75) is 6.54 Å². The zero-order chi connectivity index (χ0) is 14.7. The maximum absolute atomic E-state index is 9.08. The van der Waals surface area contributed by atoms with Crippen LogP contribution in [-0.2, 0) is 6.54 Å². The highest BCUT2D eigenvalue weighted by molar-refractivity contribution is 9.10. The minimum absolute atomic E-state index is 0.464. The monoisotopic (exact) mass is 337 g/mol. The second-order valence-electron chi connectivity index (χ2n) is 4.62. The summed E-state index contributed by atoms with van der Waals surface area (Å²) in [6.45, 7) is 0.572. The molecule has 0 spiro atoms. The third-order valence-electron chi connectivity index (χ3n) is 3.34. The van der Waals surface area contributed by atoms with Crippen LogP contribution in [0, 0.1) is 11.3 Å². The van der Waals surface area contributed by atoms with Crippen LogP contribution in [-0.4, -0.2) is 4.98 Å². The fraction of sp³-hybridized carbons (Fsp3) is 0.0588. The molecule has 0 radical (unpaired) electrons. The van der Waals surface area contributed by atoms with Crippen molar-refractivity contribution in [1.29, 1.82) is 5.26 Å². The van der Waals surface area contributed by atoms with Crippen molar-refractivity contribution in [1.82, 2.24) is 4.98 Å². The van der Waals surface area contributed by atoms with Crippen molar-refractivity contribution in [3.63, 3.8) is 0 Å². The molecule has 0 aliphatic carbocycles. The van der Waals surface area contributed by atoms with E-state index in [1.807, 2.05) is 36.4 Å². The largest absolute Gasteiger partial charge is 0.380 e. The molecule has 0 unspecified atom stereocenters. The van der Waals surface area contributed by atoms with Crippen LogP contribution in [0.3, 0.4) is 0 Å². The van der Waals surface area contributed by atoms with Crippen molar-refractivity contribution in [2.24, 2.45) is 0 Å². The van der Waals surface area contributed by atoms with Gasteiger partial charge >= 0.3 is 0 Å². The van der Waals surface area contributed by atoms with Crippen molar-refractivity contribution < 1.29 is 0 Å². The molecule has 1 heterocycles. The Morgan fingerprint density at radius 3 is 2.67 bits per heavy atom. The van der Waals surface area contributed by atoms with Crippen LogP contribution in [0.1, 0.15) is 11.3 Å². The van der Waals surface area contributed by atoms with Gasteiger partial charge in [-0.25, -0.2) is 4.98 Å². The molecule has 2 aromatic carbocycles. The summed E-state index contributed by atoms with van der Waals surface area (Å²) < 4.78 is 1.07. The molecule has 0 aliphatic rings. The van der Waals surface area contributed by atoms with Crippen molar-refractivity contribution in [3.05, 3.63) is 70.5 Å². The van der Waals surface area contributed by atoms with E-state index in [1.54, 1.807) is 6.20 Å². The van der Waals surface area contributed by atoms with Crippen LogP contribution in [0.4, 0.5) is 5.69 Å². The number of halogens is 1. The lowest BCUT2D eigenvalue weighted by atomic mass is 10.1. The lowest BCUT2D eigenvalue weighted by Crippen LogP contribution is -2.03. The number of nitriles is 1. The van der Waals surface area contributed by atoms with Gasteiger partial charge in [0.2, 0.25) is 0 Å². The van der Waals surface area contributed by atoms with Crippen molar-refractivity contribution in [3.8, 4) is 6.07 Å². The second kappa shape index (κ2) is 5.94. The number of benzene rings is 2. The predicted molar refractivity (Wildman–Crippen MR) is 87.9 cm³/mol. The zero-order valence-electron chi connectivity index (χ0n) is 11.2. The molecule has 21 heavy (non-hydrogen) atoms. The summed E-state index contributed by atoms with van der Waals surface area (Å²) in [5, 5.41) is 14.8. The van der Waals surface area contributed by atoms with E-state index in [2.05, 4.69) is 44.4 Å². The van der Waals surface area contributed by atoms with Gasteiger partial charge in [-0.15, -0.1) is 0 Å². The fourth-order valence-corrected chi connectivity index (χ4v) is 2.77. The zero-order valence-corrected chi connectivity index (χ0v) is 12.8. The Morgan fingerprint density at radius 1 is 1.05 bits per heavy atom. The summed E-state index contributed by atoms with van der Waals surface area (Å²) in [7, 11) is 0. The molecule has 0 saturated heterocycles. The van der Waals surface area contributed by atoms with Gasteiger partial charge in [0.05, 0.1) is 0 Å². The number of hydrogen-bond donors (Lipinski definition) is 1. The normalized spacial score (nSPS) is 10.3. The molecular weight excluding hydrogens is 326 g/mol. The minimum Gasteiger partial charge on any atom is -0.380 e. The summed E-state index contributed by atoms with van der Waals surface area (Å²) in [6.07, 6.45) is 1.64. The van der Waals surface area contributed by atoms with E-state index >= 15 is 0 Å². The number of nitrogens with zero attached hydrogens (tertiary/aromatic N) is 2. The number of anilines is 1. The maximum atomic E-state index is 9.08. The molecule has 3 rings (SSSR count). The van der Waals surface area contributed by atoms with Gasteiger partial charge in [-0.3, -0.25) is 0 Å². The molecule has 102 valence electrons. The fourth-order valence-electron chi connectivity index (χ4n) is 2.29. The van der Waals surface area contributed by atoms with Crippen LogP contribution in [0.25, 0.3) is 10.8 Å². The Bertz CT molecular complexity index is 837. The van der Waals surface area contributed by atoms with Crippen LogP contribution in [0.5, 0.6) is 0 Å². The quantitative estimate of drug-likeness (QED) is 0.766. The van der Waals surface area contributed by atoms with E-state index in [9.17, 15) is 0 Å². The van der Waals surface area contributed by atoms with E-state index < -0.39 is 0 Å². The Labute approximate surface area is 131 Å². The molecule has 4 heteroatoms.